The van der Waals surface area contributed by atoms with Gasteiger partial charge in [-0.15, -0.1) is 11.3 Å². The summed E-state index contributed by atoms with van der Waals surface area (Å²) in [6.45, 7) is 8.05. The van der Waals surface area contributed by atoms with Gasteiger partial charge in [-0.25, -0.2) is 4.98 Å². The van der Waals surface area contributed by atoms with Gasteiger partial charge in [0.1, 0.15) is 5.01 Å². The zero-order valence-corrected chi connectivity index (χ0v) is 9.90. The van der Waals surface area contributed by atoms with E-state index in [4.69, 9.17) is 0 Å². The standard InChI is InChI=1S/C13H14NS/c1-4-12-10(3)14-13(15-12)11-7-5-9(2)6-8-11/h5-8H,1,4H2,2-3H3. The van der Waals surface area contributed by atoms with Crippen molar-refractivity contribution in [1.29, 1.82) is 0 Å². The third-order valence-electron chi connectivity index (χ3n) is 2.42. The van der Waals surface area contributed by atoms with E-state index in [1.807, 2.05) is 0 Å². The number of hydrogen-bond acceptors (Lipinski definition) is 2. The molecule has 77 valence electrons. The van der Waals surface area contributed by atoms with Crippen LogP contribution in [-0.2, 0) is 6.42 Å². The number of nitrogens with zero attached hydrogens (tertiary/aromatic N) is 1. The molecule has 1 nitrogen and oxygen atoms in total. The monoisotopic (exact) mass is 216 g/mol. The molecule has 1 aromatic carbocycles. The quantitative estimate of drug-likeness (QED) is 0.744. The molecule has 0 bridgehead atoms. The Morgan fingerprint density at radius 3 is 2.40 bits per heavy atom. The molecule has 2 aromatic rings. The van der Waals surface area contributed by atoms with E-state index in [-0.39, 0.29) is 0 Å². The Morgan fingerprint density at radius 1 is 1.20 bits per heavy atom. The third kappa shape index (κ3) is 2.10. The summed E-state index contributed by atoms with van der Waals surface area (Å²) >= 11 is 1.74. The molecule has 2 rings (SSSR count). The van der Waals surface area contributed by atoms with Crippen molar-refractivity contribution in [1.82, 2.24) is 4.98 Å². The topological polar surface area (TPSA) is 12.9 Å². The molecule has 0 aliphatic rings. The summed E-state index contributed by atoms with van der Waals surface area (Å²) in [5, 5.41) is 1.10. The maximum absolute atomic E-state index is 4.56. The van der Waals surface area contributed by atoms with Gasteiger partial charge in [-0.2, -0.15) is 0 Å². The number of rotatable bonds is 2. The Hall–Kier alpha value is -1.15. The Bertz CT molecular complexity index is 454. The van der Waals surface area contributed by atoms with Crippen molar-refractivity contribution in [3.8, 4) is 10.6 Å². The van der Waals surface area contributed by atoms with Crippen LogP contribution in [0.1, 0.15) is 16.1 Å². The van der Waals surface area contributed by atoms with Gasteiger partial charge in [-0.1, -0.05) is 29.8 Å². The molecule has 15 heavy (non-hydrogen) atoms. The number of benzene rings is 1. The molecule has 0 N–H and O–H groups in total. The average Bonchev–Trinajstić information content (AvgIpc) is 2.61. The highest BCUT2D eigenvalue weighted by molar-refractivity contribution is 7.15. The van der Waals surface area contributed by atoms with Crippen molar-refractivity contribution in [2.75, 3.05) is 0 Å². The highest BCUT2D eigenvalue weighted by Gasteiger charge is 2.07. The number of aromatic nitrogens is 1. The molecule has 0 fully saturated rings. The molecule has 0 aliphatic carbocycles. The molecular weight excluding hydrogens is 202 g/mol. The molecule has 0 unspecified atom stereocenters. The maximum atomic E-state index is 4.56. The Morgan fingerprint density at radius 2 is 1.87 bits per heavy atom. The van der Waals surface area contributed by atoms with Crippen LogP contribution in [0.3, 0.4) is 0 Å². The van der Waals surface area contributed by atoms with Gasteiger partial charge < -0.3 is 0 Å². The summed E-state index contributed by atoms with van der Waals surface area (Å²) in [7, 11) is 0. The summed E-state index contributed by atoms with van der Waals surface area (Å²) in [6.07, 6.45) is 0.829. The number of hydrogen-bond donors (Lipinski definition) is 0. The van der Waals surface area contributed by atoms with Crippen LogP contribution in [0.5, 0.6) is 0 Å². The van der Waals surface area contributed by atoms with Crippen LogP contribution in [0.15, 0.2) is 24.3 Å². The first kappa shape index (κ1) is 10.4. The van der Waals surface area contributed by atoms with E-state index >= 15 is 0 Å². The van der Waals surface area contributed by atoms with Crippen molar-refractivity contribution in [2.45, 2.75) is 20.3 Å². The summed E-state index contributed by atoms with van der Waals surface area (Å²) < 4.78 is 0. The Kier molecular flexibility index (Phi) is 2.87. The number of aryl methyl sites for hydroxylation is 2. The second-order valence-corrected chi connectivity index (χ2v) is 4.73. The van der Waals surface area contributed by atoms with E-state index in [0.717, 1.165) is 17.1 Å². The lowest BCUT2D eigenvalue weighted by Gasteiger charge is -1.96. The molecular formula is C13H14NS. The zero-order valence-electron chi connectivity index (χ0n) is 9.08. The molecule has 1 aromatic heterocycles. The predicted octanol–water partition coefficient (Wildman–Crippen LogP) is 3.80. The van der Waals surface area contributed by atoms with E-state index in [1.54, 1.807) is 11.3 Å². The van der Waals surface area contributed by atoms with Crippen LogP contribution >= 0.6 is 11.3 Å². The number of thiazole rings is 1. The highest BCUT2D eigenvalue weighted by Crippen LogP contribution is 2.28. The van der Waals surface area contributed by atoms with E-state index < -0.39 is 0 Å². The fraction of sp³-hybridized carbons (Fsp3) is 0.231. The van der Waals surface area contributed by atoms with E-state index in [1.165, 1.54) is 16.0 Å². The summed E-state index contributed by atoms with van der Waals surface area (Å²) in [5.74, 6) is 0. The summed E-state index contributed by atoms with van der Waals surface area (Å²) in [5.41, 5.74) is 3.60. The van der Waals surface area contributed by atoms with Gasteiger partial charge in [-0.05, 0) is 27.2 Å². The molecule has 0 spiro atoms. The molecule has 0 saturated heterocycles. The molecule has 1 heterocycles. The summed E-state index contributed by atoms with van der Waals surface area (Å²) in [6, 6.07) is 8.49. The Balaban J connectivity index is 2.41. The lowest BCUT2D eigenvalue weighted by molar-refractivity contribution is 1.18. The Labute approximate surface area is 94.8 Å². The lowest BCUT2D eigenvalue weighted by atomic mass is 10.2. The first-order chi connectivity index (χ1) is 7.20. The normalized spacial score (nSPS) is 10.6. The van der Waals surface area contributed by atoms with E-state index in [9.17, 15) is 0 Å². The van der Waals surface area contributed by atoms with Crippen molar-refractivity contribution < 1.29 is 0 Å². The largest absolute Gasteiger partial charge is 0.241 e. The maximum Gasteiger partial charge on any atom is 0.123 e. The SMILES string of the molecule is [CH2]Cc1sc(-c2ccc(C)cc2)nc1C. The minimum absolute atomic E-state index is 0.829. The van der Waals surface area contributed by atoms with Crippen LogP contribution < -0.4 is 0 Å². The fourth-order valence-corrected chi connectivity index (χ4v) is 2.44. The lowest BCUT2D eigenvalue weighted by Crippen LogP contribution is -1.79. The van der Waals surface area contributed by atoms with Crippen molar-refractivity contribution in [3.63, 3.8) is 0 Å². The van der Waals surface area contributed by atoms with Gasteiger partial charge in [0, 0.05) is 10.4 Å². The van der Waals surface area contributed by atoms with Gasteiger partial charge in [0.15, 0.2) is 0 Å². The van der Waals surface area contributed by atoms with Crippen LogP contribution in [0.25, 0.3) is 10.6 Å². The van der Waals surface area contributed by atoms with Gasteiger partial charge in [-0.3, -0.25) is 0 Å². The molecule has 0 aliphatic heterocycles. The molecule has 2 heteroatoms. The first-order valence-corrected chi connectivity index (χ1v) is 5.85. The van der Waals surface area contributed by atoms with Gasteiger partial charge in [0.05, 0.1) is 5.69 Å². The van der Waals surface area contributed by atoms with Crippen LogP contribution in [-0.4, -0.2) is 4.98 Å². The van der Waals surface area contributed by atoms with Crippen LogP contribution in [0.2, 0.25) is 0 Å². The summed E-state index contributed by atoms with van der Waals surface area (Å²) in [4.78, 5) is 5.84. The predicted molar refractivity (Wildman–Crippen MR) is 66.1 cm³/mol. The zero-order chi connectivity index (χ0) is 10.8. The van der Waals surface area contributed by atoms with Gasteiger partial charge in [0.2, 0.25) is 0 Å². The first-order valence-electron chi connectivity index (χ1n) is 5.03. The highest BCUT2D eigenvalue weighted by atomic mass is 32.1. The minimum atomic E-state index is 0.829. The van der Waals surface area contributed by atoms with E-state index in [2.05, 4.69) is 50.0 Å². The van der Waals surface area contributed by atoms with Crippen LogP contribution in [0, 0.1) is 20.8 Å². The second-order valence-electron chi connectivity index (χ2n) is 3.64. The van der Waals surface area contributed by atoms with Crippen molar-refractivity contribution in [2.24, 2.45) is 0 Å². The molecule has 0 saturated carbocycles. The van der Waals surface area contributed by atoms with Gasteiger partial charge in [0.25, 0.3) is 0 Å². The average molecular weight is 216 g/mol. The van der Waals surface area contributed by atoms with Gasteiger partial charge >= 0.3 is 0 Å². The van der Waals surface area contributed by atoms with Crippen LogP contribution in [0.4, 0.5) is 0 Å². The smallest absolute Gasteiger partial charge is 0.123 e. The van der Waals surface area contributed by atoms with Crippen molar-refractivity contribution in [3.05, 3.63) is 47.3 Å². The molecule has 1 radical (unpaired) electrons. The molecule has 0 atom stereocenters. The van der Waals surface area contributed by atoms with Crippen molar-refractivity contribution >= 4 is 11.3 Å². The third-order valence-corrected chi connectivity index (χ3v) is 3.68. The van der Waals surface area contributed by atoms with E-state index in [0.29, 0.717) is 0 Å². The minimum Gasteiger partial charge on any atom is -0.241 e. The second kappa shape index (κ2) is 4.15. The molecule has 0 amide bonds. The fourth-order valence-electron chi connectivity index (χ4n) is 1.48.